The van der Waals surface area contributed by atoms with Gasteiger partial charge in [0.25, 0.3) is 10.0 Å². The molecule has 0 bridgehead atoms. The molecule has 1 aliphatic rings. The van der Waals surface area contributed by atoms with Crippen LogP contribution in [0.1, 0.15) is 36.9 Å². The number of pyridine rings is 1. The fourth-order valence-corrected chi connectivity index (χ4v) is 7.20. The normalized spacial score (nSPS) is 15.1. The number of benzene rings is 2. The van der Waals surface area contributed by atoms with Gasteiger partial charge < -0.3 is 9.47 Å². The van der Waals surface area contributed by atoms with Crippen LogP contribution in [0.5, 0.6) is 5.75 Å². The van der Waals surface area contributed by atoms with Crippen molar-refractivity contribution in [2.45, 2.75) is 35.5 Å². The predicted octanol–water partition coefficient (Wildman–Crippen LogP) is 5.32. The fourth-order valence-electron chi connectivity index (χ4n) is 5.07. The molecule has 0 amide bonds. The van der Waals surface area contributed by atoms with Gasteiger partial charge in [-0.3, -0.25) is 0 Å². The third kappa shape index (κ3) is 5.84. The Balaban J connectivity index is 1.74. The van der Waals surface area contributed by atoms with E-state index >= 15 is 0 Å². The number of methoxy groups -OCH3 is 1. The molecule has 40 heavy (non-hydrogen) atoms. The van der Waals surface area contributed by atoms with Crippen molar-refractivity contribution in [3.8, 4) is 5.75 Å². The third-order valence-electron chi connectivity index (χ3n) is 7.08. The summed E-state index contributed by atoms with van der Waals surface area (Å²) in [5, 5.41) is 0.606. The minimum absolute atomic E-state index is 0.142. The highest BCUT2D eigenvalue weighted by molar-refractivity contribution is 7.90. The molecule has 2 aromatic heterocycles. The summed E-state index contributed by atoms with van der Waals surface area (Å²) >= 11 is 0. The van der Waals surface area contributed by atoms with Gasteiger partial charge in [-0.2, -0.15) is 0 Å². The van der Waals surface area contributed by atoms with Crippen molar-refractivity contribution >= 4 is 36.5 Å². The molecule has 210 valence electrons. The monoisotopic (exact) mass is 580 g/mol. The maximum atomic E-state index is 14.2. The lowest BCUT2D eigenvalue weighted by Gasteiger charge is -2.16. The molecule has 0 atom stereocenters. The van der Waals surface area contributed by atoms with Gasteiger partial charge in [-0.25, -0.2) is 25.8 Å². The van der Waals surface area contributed by atoms with Crippen LogP contribution in [0.4, 0.5) is 0 Å². The van der Waals surface area contributed by atoms with E-state index in [1.165, 1.54) is 16.4 Å². The average Bonchev–Trinajstić information content (AvgIpc) is 3.60. The molecule has 4 aromatic rings. The minimum Gasteiger partial charge on any atom is -0.490 e. The Morgan fingerprint density at radius 3 is 2.30 bits per heavy atom. The molecule has 1 aliphatic carbocycles. The summed E-state index contributed by atoms with van der Waals surface area (Å²) in [5.41, 5.74) is 2.18. The highest BCUT2D eigenvalue weighted by atomic mass is 32.2. The Labute approximate surface area is 235 Å². The molecule has 0 N–H and O–H groups in total. The van der Waals surface area contributed by atoms with Crippen LogP contribution >= 0.6 is 0 Å². The summed E-state index contributed by atoms with van der Waals surface area (Å²) in [7, 11) is -5.85. The second-order valence-electron chi connectivity index (χ2n) is 9.96. The lowest BCUT2D eigenvalue weighted by atomic mass is 9.96. The number of hydrogen-bond donors (Lipinski definition) is 0. The number of hydrogen-bond acceptors (Lipinski definition) is 7. The van der Waals surface area contributed by atoms with Gasteiger partial charge in [-0.05, 0) is 60.7 Å². The summed E-state index contributed by atoms with van der Waals surface area (Å²) in [6.07, 6.45) is 9.04. The van der Waals surface area contributed by atoms with Gasteiger partial charge in [0.15, 0.2) is 15.5 Å². The van der Waals surface area contributed by atoms with Crippen molar-refractivity contribution < 1.29 is 26.3 Å². The molecule has 0 aliphatic heterocycles. The zero-order valence-corrected chi connectivity index (χ0v) is 24.1. The number of nitrogens with zero attached hydrogens (tertiary/aromatic N) is 2. The van der Waals surface area contributed by atoms with Crippen molar-refractivity contribution in [3.63, 3.8) is 0 Å². The number of ether oxygens (including phenoxy) is 2. The molecule has 10 heteroatoms. The van der Waals surface area contributed by atoms with Gasteiger partial charge in [0, 0.05) is 24.3 Å². The Morgan fingerprint density at radius 2 is 1.65 bits per heavy atom. The van der Waals surface area contributed by atoms with Crippen molar-refractivity contribution in [2.75, 3.05) is 26.6 Å². The van der Waals surface area contributed by atoms with Crippen molar-refractivity contribution in [2.24, 2.45) is 5.92 Å². The quantitative estimate of drug-likeness (QED) is 0.234. The first-order valence-electron chi connectivity index (χ1n) is 13.1. The summed E-state index contributed by atoms with van der Waals surface area (Å²) in [4.78, 5) is 4.88. The second-order valence-corrected chi connectivity index (χ2v) is 13.8. The third-order valence-corrected chi connectivity index (χ3v) is 9.93. The molecule has 1 fully saturated rings. The van der Waals surface area contributed by atoms with E-state index in [1.54, 1.807) is 67.8 Å². The van der Waals surface area contributed by atoms with E-state index in [-0.39, 0.29) is 21.4 Å². The largest absolute Gasteiger partial charge is 0.490 e. The van der Waals surface area contributed by atoms with Gasteiger partial charge in [0.1, 0.15) is 12.4 Å². The molecular formula is C30H32N2O6S2. The Morgan fingerprint density at radius 1 is 0.950 bits per heavy atom. The number of rotatable bonds is 10. The Kier molecular flexibility index (Phi) is 8.11. The summed E-state index contributed by atoms with van der Waals surface area (Å²) in [6, 6.07) is 18.5. The predicted molar refractivity (Wildman–Crippen MR) is 155 cm³/mol. The van der Waals surface area contributed by atoms with Crippen LogP contribution in [0.2, 0.25) is 0 Å². The van der Waals surface area contributed by atoms with E-state index in [0.29, 0.717) is 35.6 Å². The zero-order chi connectivity index (χ0) is 28.3. The first-order chi connectivity index (χ1) is 19.2. The summed E-state index contributed by atoms with van der Waals surface area (Å²) in [5.74, 6) is 0.778. The first-order valence-corrected chi connectivity index (χ1v) is 16.5. The van der Waals surface area contributed by atoms with Crippen LogP contribution in [0.15, 0.2) is 88.8 Å². The van der Waals surface area contributed by atoms with E-state index in [0.717, 1.165) is 31.2 Å². The van der Waals surface area contributed by atoms with E-state index in [9.17, 15) is 16.8 Å². The highest BCUT2D eigenvalue weighted by Crippen LogP contribution is 2.37. The molecule has 0 spiro atoms. The average molecular weight is 581 g/mol. The van der Waals surface area contributed by atoms with Crippen LogP contribution in [-0.4, -0.2) is 52.4 Å². The molecule has 0 radical (unpaired) electrons. The summed E-state index contributed by atoms with van der Waals surface area (Å²) < 4.78 is 64.7. The van der Waals surface area contributed by atoms with Gasteiger partial charge >= 0.3 is 0 Å². The molecule has 2 aromatic carbocycles. The molecule has 0 saturated heterocycles. The van der Waals surface area contributed by atoms with Crippen molar-refractivity contribution in [1.82, 2.24) is 8.96 Å². The lowest BCUT2D eigenvalue weighted by molar-refractivity contribution is 0.146. The van der Waals surface area contributed by atoms with Crippen molar-refractivity contribution in [1.29, 1.82) is 0 Å². The molecular weight excluding hydrogens is 548 g/mol. The van der Waals surface area contributed by atoms with Crippen LogP contribution in [0.3, 0.4) is 0 Å². The maximum Gasteiger partial charge on any atom is 0.269 e. The molecule has 2 heterocycles. The SMILES string of the molecule is COCCOc1cnc2c(c1)cc(C(=CC1CCCC1)c1ccc(S(C)(=O)=O)cc1)n2S(=O)(=O)c1ccccc1. The second kappa shape index (κ2) is 11.6. The van der Waals surface area contributed by atoms with Gasteiger partial charge in [0.2, 0.25) is 0 Å². The molecule has 1 saturated carbocycles. The van der Waals surface area contributed by atoms with E-state index in [1.807, 2.05) is 6.07 Å². The van der Waals surface area contributed by atoms with E-state index in [4.69, 9.17) is 9.47 Å². The Bertz CT molecular complexity index is 1740. The number of aromatic nitrogens is 2. The van der Waals surface area contributed by atoms with E-state index < -0.39 is 19.9 Å². The van der Waals surface area contributed by atoms with Crippen LogP contribution in [0, 0.1) is 5.92 Å². The number of allylic oxidation sites excluding steroid dienone is 1. The number of sulfone groups is 1. The molecule has 8 nitrogen and oxygen atoms in total. The number of fused-ring (bicyclic) bond motifs is 1. The zero-order valence-electron chi connectivity index (χ0n) is 22.5. The highest BCUT2D eigenvalue weighted by Gasteiger charge is 2.27. The van der Waals surface area contributed by atoms with Crippen LogP contribution < -0.4 is 4.74 Å². The van der Waals surface area contributed by atoms with Crippen LogP contribution in [0.25, 0.3) is 16.6 Å². The van der Waals surface area contributed by atoms with Crippen LogP contribution in [-0.2, 0) is 24.6 Å². The van der Waals surface area contributed by atoms with Gasteiger partial charge in [-0.15, -0.1) is 0 Å². The summed E-state index contributed by atoms with van der Waals surface area (Å²) in [6.45, 7) is 0.740. The lowest BCUT2D eigenvalue weighted by Crippen LogP contribution is -2.16. The van der Waals surface area contributed by atoms with Gasteiger partial charge in [0.05, 0.1) is 28.3 Å². The Hall–Kier alpha value is -3.47. The smallest absolute Gasteiger partial charge is 0.269 e. The topological polar surface area (TPSA) is 105 Å². The van der Waals surface area contributed by atoms with E-state index in [2.05, 4.69) is 11.1 Å². The standard InChI is InChI=1S/C30H32N2O6S2/c1-37-16-17-38-25-19-24-20-29(32(30(24)31-21-25)40(35,36)27-10-4-3-5-11-27)28(18-22-8-6-7-9-22)23-12-14-26(15-13-23)39(2,33)34/h3-5,10-15,18-22H,6-9,16-17H2,1-2H3. The minimum atomic E-state index is -4.05. The van der Waals surface area contributed by atoms with Crippen molar-refractivity contribution in [3.05, 3.63) is 90.3 Å². The first kappa shape index (κ1) is 28.1. The molecule has 5 rings (SSSR count). The fraction of sp³-hybridized carbons (Fsp3) is 0.300. The molecule has 0 unspecified atom stereocenters. The van der Waals surface area contributed by atoms with Gasteiger partial charge in [-0.1, -0.05) is 49.2 Å². The maximum absolute atomic E-state index is 14.2.